The van der Waals surface area contributed by atoms with Gasteiger partial charge in [-0.05, 0) is 24.7 Å². The monoisotopic (exact) mass is 471 g/mol. The topological polar surface area (TPSA) is 140 Å². The Hall–Kier alpha value is -3.10. The van der Waals surface area contributed by atoms with Crippen molar-refractivity contribution in [3.8, 4) is 6.07 Å². The van der Waals surface area contributed by atoms with Crippen molar-refractivity contribution in [2.75, 3.05) is 6.54 Å². The van der Waals surface area contributed by atoms with E-state index in [1.807, 2.05) is 6.07 Å². The fraction of sp³-hybridized carbons (Fsp3) is 0.667. The third kappa shape index (κ3) is 6.03. The maximum atomic E-state index is 13.0. The summed E-state index contributed by atoms with van der Waals surface area (Å²) in [7, 11) is 0. The Labute approximate surface area is 189 Å². The summed E-state index contributed by atoms with van der Waals surface area (Å²) in [5.74, 6) is -5.11. The normalized spacial score (nSPS) is 26.3. The van der Waals surface area contributed by atoms with Crippen molar-refractivity contribution in [3.63, 3.8) is 0 Å². The molecule has 4 N–H and O–H groups in total. The van der Waals surface area contributed by atoms with Crippen molar-refractivity contribution in [2.24, 2.45) is 17.3 Å². The molecule has 0 aromatic rings. The smallest absolute Gasteiger partial charge is 0.356 e. The van der Waals surface area contributed by atoms with Gasteiger partial charge in [-0.2, -0.15) is 18.4 Å². The molecule has 182 valence electrons. The van der Waals surface area contributed by atoms with Crippen LogP contribution in [-0.2, 0) is 19.2 Å². The highest BCUT2D eigenvalue weighted by Crippen LogP contribution is 2.45. The first-order valence-corrected chi connectivity index (χ1v) is 10.5. The quantitative estimate of drug-likeness (QED) is 0.386. The Morgan fingerprint density at radius 2 is 1.94 bits per heavy atom. The lowest BCUT2D eigenvalue weighted by atomic mass is 9.85. The standard InChI is InChI=1S/C21H28F3N5O4/c1-5-12-9-20(12,17(32)27-13(10-25)8-11-6-7-26-15(11)30)29-16(31)14(19(2,3)4)28-18(33)21(22,23)24/h5,11-14H,1,6-9H2,2-4H3,(H,26,30)(H,27,32)(H,28,33)(H,29,31)/t11-,12+,13-,14+,20+/m0/s1. The lowest BCUT2D eigenvalue weighted by Crippen LogP contribution is -2.61. The molecule has 0 aromatic heterocycles. The van der Waals surface area contributed by atoms with E-state index in [0.717, 1.165) is 0 Å². The van der Waals surface area contributed by atoms with Crippen LogP contribution in [0.5, 0.6) is 0 Å². The van der Waals surface area contributed by atoms with E-state index in [9.17, 15) is 37.6 Å². The molecule has 2 fully saturated rings. The van der Waals surface area contributed by atoms with Crippen molar-refractivity contribution in [1.82, 2.24) is 21.3 Å². The molecular weight excluding hydrogens is 443 g/mol. The predicted octanol–water partition coefficient (Wildman–Crippen LogP) is 0.675. The summed E-state index contributed by atoms with van der Waals surface area (Å²) in [6.45, 7) is 8.49. The number of carbonyl (C=O) groups excluding carboxylic acids is 4. The van der Waals surface area contributed by atoms with E-state index in [2.05, 4.69) is 22.5 Å². The van der Waals surface area contributed by atoms with E-state index in [1.165, 1.54) is 26.8 Å². The molecule has 1 heterocycles. The van der Waals surface area contributed by atoms with E-state index in [1.54, 1.807) is 5.32 Å². The molecule has 0 bridgehead atoms. The molecule has 2 aliphatic rings. The average Bonchev–Trinajstić information content (AvgIpc) is 3.28. The molecular formula is C21H28F3N5O4. The van der Waals surface area contributed by atoms with Gasteiger partial charge in [0.15, 0.2) is 0 Å². The van der Waals surface area contributed by atoms with Gasteiger partial charge in [0, 0.05) is 18.4 Å². The first-order chi connectivity index (χ1) is 15.2. The van der Waals surface area contributed by atoms with Gasteiger partial charge in [-0.1, -0.05) is 26.8 Å². The average molecular weight is 471 g/mol. The van der Waals surface area contributed by atoms with Crippen LogP contribution < -0.4 is 21.3 Å². The van der Waals surface area contributed by atoms with E-state index in [0.29, 0.717) is 13.0 Å². The number of hydrogen-bond donors (Lipinski definition) is 4. The zero-order valence-corrected chi connectivity index (χ0v) is 18.6. The minimum absolute atomic E-state index is 0.0864. The van der Waals surface area contributed by atoms with Crippen LogP contribution in [0.15, 0.2) is 12.7 Å². The van der Waals surface area contributed by atoms with Crippen LogP contribution in [0, 0.1) is 28.6 Å². The van der Waals surface area contributed by atoms with Crippen LogP contribution in [0.25, 0.3) is 0 Å². The number of rotatable bonds is 8. The van der Waals surface area contributed by atoms with Crippen molar-refractivity contribution in [2.45, 2.75) is 63.8 Å². The number of amides is 4. The Balaban J connectivity index is 2.16. The molecule has 1 aliphatic heterocycles. The first-order valence-electron chi connectivity index (χ1n) is 10.5. The van der Waals surface area contributed by atoms with E-state index >= 15 is 0 Å². The maximum Gasteiger partial charge on any atom is 0.471 e. The number of halogens is 3. The zero-order valence-electron chi connectivity index (χ0n) is 18.6. The molecule has 0 spiro atoms. The lowest BCUT2D eigenvalue weighted by Gasteiger charge is -2.32. The van der Waals surface area contributed by atoms with Gasteiger partial charge in [0.25, 0.3) is 0 Å². The van der Waals surface area contributed by atoms with Crippen LogP contribution in [0.4, 0.5) is 13.2 Å². The summed E-state index contributed by atoms with van der Waals surface area (Å²) >= 11 is 0. The third-order valence-electron chi connectivity index (χ3n) is 5.86. The Morgan fingerprint density at radius 3 is 2.36 bits per heavy atom. The van der Waals surface area contributed by atoms with E-state index in [4.69, 9.17) is 0 Å². The van der Waals surface area contributed by atoms with Crippen molar-refractivity contribution < 1.29 is 32.3 Å². The molecule has 2 rings (SSSR count). The minimum atomic E-state index is -5.19. The summed E-state index contributed by atoms with van der Waals surface area (Å²) < 4.78 is 38.3. The molecule has 9 nitrogen and oxygen atoms in total. The molecule has 1 aliphatic carbocycles. The second kappa shape index (κ2) is 9.41. The van der Waals surface area contributed by atoms with Gasteiger partial charge in [-0.25, -0.2) is 0 Å². The minimum Gasteiger partial charge on any atom is -0.356 e. The largest absolute Gasteiger partial charge is 0.471 e. The summed E-state index contributed by atoms with van der Waals surface area (Å²) in [5, 5.41) is 18.8. The number of nitrogens with zero attached hydrogens (tertiary/aromatic N) is 1. The summed E-state index contributed by atoms with van der Waals surface area (Å²) in [6.07, 6.45) is -3.03. The number of hydrogen-bond acceptors (Lipinski definition) is 5. The third-order valence-corrected chi connectivity index (χ3v) is 5.86. The molecule has 1 saturated carbocycles. The van der Waals surface area contributed by atoms with Crippen molar-refractivity contribution >= 4 is 23.6 Å². The highest BCUT2D eigenvalue weighted by Gasteiger charge is 2.61. The summed E-state index contributed by atoms with van der Waals surface area (Å²) in [4.78, 5) is 49.2. The molecule has 0 aromatic carbocycles. The number of carbonyl (C=O) groups is 4. The highest BCUT2D eigenvalue weighted by atomic mass is 19.4. The Bertz CT molecular complexity index is 877. The number of nitrogens with one attached hydrogen (secondary N) is 4. The van der Waals surface area contributed by atoms with Crippen LogP contribution >= 0.6 is 0 Å². The molecule has 33 heavy (non-hydrogen) atoms. The Morgan fingerprint density at radius 1 is 1.30 bits per heavy atom. The molecule has 12 heteroatoms. The number of alkyl halides is 3. The molecule has 5 atom stereocenters. The fourth-order valence-electron chi connectivity index (χ4n) is 3.80. The van der Waals surface area contributed by atoms with E-state index in [-0.39, 0.29) is 18.7 Å². The van der Waals surface area contributed by atoms with Gasteiger partial charge in [-0.15, -0.1) is 6.58 Å². The maximum absolute atomic E-state index is 13.0. The van der Waals surface area contributed by atoms with Crippen LogP contribution in [0.2, 0.25) is 0 Å². The second-order valence-electron chi connectivity index (χ2n) is 9.44. The van der Waals surface area contributed by atoms with Gasteiger partial charge in [0.05, 0.1) is 6.07 Å². The zero-order chi connectivity index (χ0) is 25.2. The van der Waals surface area contributed by atoms with Crippen LogP contribution in [0.1, 0.15) is 40.0 Å². The fourth-order valence-corrected chi connectivity index (χ4v) is 3.80. The summed E-state index contributed by atoms with van der Waals surface area (Å²) in [6, 6.07) is -0.668. The SMILES string of the molecule is C=C[C@@H]1C[C@]1(NC(=O)[C@@H](NC(=O)C(F)(F)F)C(C)(C)C)C(=O)N[C@H](C#N)C[C@@H]1CCNC1=O. The van der Waals surface area contributed by atoms with Crippen LogP contribution in [0.3, 0.4) is 0 Å². The number of nitriles is 1. The van der Waals surface area contributed by atoms with Gasteiger partial charge in [-0.3, -0.25) is 19.2 Å². The molecule has 1 saturated heterocycles. The highest BCUT2D eigenvalue weighted by molar-refractivity contribution is 5.98. The Kier molecular flexibility index (Phi) is 7.46. The van der Waals surface area contributed by atoms with Crippen LogP contribution in [-0.4, -0.2) is 54.0 Å². The molecule has 0 radical (unpaired) electrons. The van der Waals surface area contributed by atoms with Gasteiger partial charge in [0.2, 0.25) is 17.7 Å². The van der Waals surface area contributed by atoms with E-state index < -0.39 is 58.8 Å². The predicted molar refractivity (Wildman–Crippen MR) is 110 cm³/mol. The van der Waals surface area contributed by atoms with Crippen molar-refractivity contribution in [1.29, 1.82) is 5.26 Å². The van der Waals surface area contributed by atoms with Gasteiger partial charge >= 0.3 is 12.1 Å². The summed E-state index contributed by atoms with van der Waals surface area (Å²) in [5.41, 5.74) is -2.62. The van der Waals surface area contributed by atoms with Crippen molar-refractivity contribution in [3.05, 3.63) is 12.7 Å². The second-order valence-corrected chi connectivity index (χ2v) is 9.44. The lowest BCUT2D eigenvalue weighted by molar-refractivity contribution is -0.175. The van der Waals surface area contributed by atoms with Gasteiger partial charge in [0.1, 0.15) is 17.6 Å². The van der Waals surface area contributed by atoms with Gasteiger partial charge < -0.3 is 21.3 Å². The first kappa shape index (κ1) is 26.2. The molecule has 0 unspecified atom stereocenters. The molecule has 4 amide bonds.